The minimum absolute atomic E-state index is 0.105. The average Bonchev–Trinajstić information content (AvgIpc) is 3.21. The van der Waals surface area contributed by atoms with Gasteiger partial charge in [0.05, 0.1) is 12.2 Å². The average molecular weight is 403 g/mol. The summed E-state index contributed by atoms with van der Waals surface area (Å²) in [5, 5.41) is 9.44. The number of hydrogen-bond donors (Lipinski definition) is 1. The molecule has 0 aliphatic heterocycles. The van der Waals surface area contributed by atoms with Gasteiger partial charge >= 0.3 is 12.1 Å². The summed E-state index contributed by atoms with van der Waals surface area (Å²) in [6.45, 7) is 0.105. The molecule has 1 N–H and O–H groups in total. The second-order valence-electron chi connectivity index (χ2n) is 6.59. The fraction of sp³-hybridized carbons (Fsp3) is 0.227. The second kappa shape index (κ2) is 8.86. The Morgan fingerprint density at radius 3 is 2.28 bits per heavy atom. The van der Waals surface area contributed by atoms with Gasteiger partial charge in [-0.15, -0.1) is 0 Å². The van der Waals surface area contributed by atoms with E-state index < -0.39 is 23.8 Å². The standard InChI is InChI=1S/C22H20F3NO3/c23-22(24,25)19-6-2-1-5-17(19)11-14-29-18-9-7-16(8-10-18)15-20(21(27)28)26-12-3-4-13-26/h1-10,12-13,20H,11,14-15H2,(H,27,28). The minimum Gasteiger partial charge on any atom is -0.493 e. The lowest BCUT2D eigenvalue weighted by Crippen LogP contribution is -2.20. The van der Waals surface area contributed by atoms with Crippen LogP contribution in [0.25, 0.3) is 0 Å². The van der Waals surface area contributed by atoms with Crippen LogP contribution in [-0.4, -0.2) is 22.2 Å². The van der Waals surface area contributed by atoms with Gasteiger partial charge in [0.15, 0.2) is 0 Å². The lowest BCUT2D eigenvalue weighted by atomic mass is 10.0. The van der Waals surface area contributed by atoms with E-state index in [-0.39, 0.29) is 18.6 Å². The number of carboxylic acid groups (broad SMARTS) is 1. The van der Waals surface area contributed by atoms with Crippen molar-refractivity contribution in [1.29, 1.82) is 0 Å². The van der Waals surface area contributed by atoms with Gasteiger partial charge in [0.1, 0.15) is 11.8 Å². The van der Waals surface area contributed by atoms with Crippen molar-refractivity contribution in [3.05, 3.63) is 89.7 Å². The summed E-state index contributed by atoms with van der Waals surface area (Å²) < 4.78 is 46.3. The fourth-order valence-corrected chi connectivity index (χ4v) is 3.11. The smallest absolute Gasteiger partial charge is 0.416 e. The van der Waals surface area contributed by atoms with Crippen LogP contribution in [0.3, 0.4) is 0 Å². The van der Waals surface area contributed by atoms with Crippen LogP contribution in [0.2, 0.25) is 0 Å². The highest BCUT2D eigenvalue weighted by atomic mass is 19.4. The van der Waals surface area contributed by atoms with Crippen molar-refractivity contribution in [2.45, 2.75) is 25.1 Å². The molecule has 0 saturated carbocycles. The van der Waals surface area contributed by atoms with Crippen molar-refractivity contribution in [1.82, 2.24) is 4.57 Å². The molecule has 0 bridgehead atoms. The molecule has 1 aromatic heterocycles. The molecule has 3 rings (SSSR count). The van der Waals surface area contributed by atoms with Crippen LogP contribution in [0.5, 0.6) is 5.75 Å². The van der Waals surface area contributed by atoms with Crippen LogP contribution >= 0.6 is 0 Å². The molecular formula is C22H20F3NO3. The number of ether oxygens (including phenoxy) is 1. The topological polar surface area (TPSA) is 51.5 Å². The van der Waals surface area contributed by atoms with Gasteiger partial charge in [-0.25, -0.2) is 4.79 Å². The first-order valence-electron chi connectivity index (χ1n) is 9.06. The lowest BCUT2D eigenvalue weighted by molar-refractivity contribution is -0.141. The molecule has 0 aliphatic rings. The summed E-state index contributed by atoms with van der Waals surface area (Å²) >= 11 is 0. The van der Waals surface area contributed by atoms with Gasteiger partial charge in [0.2, 0.25) is 0 Å². The van der Waals surface area contributed by atoms with Crippen LogP contribution in [0, 0.1) is 0 Å². The Kier molecular flexibility index (Phi) is 6.26. The van der Waals surface area contributed by atoms with Gasteiger partial charge in [0, 0.05) is 25.2 Å². The molecule has 0 saturated heterocycles. The van der Waals surface area contributed by atoms with Crippen molar-refractivity contribution >= 4 is 5.97 Å². The second-order valence-corrected chi connectivity index (χ2v) is 6.59. The third-order valence-electron chi connectivity index (χ3n) is 4.59. The Bertz CT molecular complexity index is 935. The number of aromatic nitrogens is 1. The van der Waals surface area contributed by atoms with Crippen molar-refractivity contribution in [3.8, 4) is 5.75 Å². The van der Waals surface area contributed by atoms with E-state index in [1.807, 2.05) is 0 Å². The van der Waals surface area contributed by atoms with E-state index in [2.05, 4.69) is 0 Å². The van der Waals surface area contributed by atoms with E-state index >= 15 is 0 Å². The van der Waals surface area contributed by atoms with Gasteiger partial charge in [-0.05, 0) is 41.5 Å². The number of benzene rings is 2. The Balaban J connectivity index is 1.58. The van der Waals surface area contributed by atoms with E-state index in [9.17, 15) is 23.1 Å². The van der Waals surface area contributed by atoms with Gasteiger partial charge in [-0.1, -0.05) is 30.3 Å². The van der Waals surface area contributed by atoms with Gasteiger partial charge < -0.3 is 14.4 Å². The quantitative estimate of drug-likeness (QED) is 0.576. The normalized spacial score (nSPS) is 12.5. The first kappa shape index (κ1) is 20.5. The fourth-order valence-electron chi connectivity index (χ4n) is 3.11. The third-order valence-corrected chi connectivity index (χ3v) is 4.59. The van der Waals surface area contributed by atoms with Gasteiger partial charge in [0.25, 0.3) is 0 Å². The SMILES string of the molecule is O=C(O)C(Cc1ccc(OCCc2ccccc2C(F)(F)F)cc1)n1cccc1. The van der Waals surface area contributed by atoms with E-state index in [4.69, 9.17) is 4.74 Å². The lowest BCUT2D eigenvalue weighted by Gasteiger charge is -2.15. The van der Waals surface area contributed by atoms with Crippen molar-refractivity contribution in [2.24, 2.45) is 0 Å². The molecule has 7 heteroatoms. The number of halogens is 3. The predicted molar refractivity (Wildman–Crippen MR) is 102 cm³/mol. The highest BCUT2D eigenvalue weighted by molar-refractivity contribution is 5.72. The first-order chi connectivity index (χ1) is 13.8. The number of carbonyl (C=O) groups is 1. The summed E-state index contributed by atoms with van der Waals surface area (Å²) in [5.41, 5.74) is 0.359. The summed E-state index contributed by atoms with van der Waals surface area (Å²) in [6, 6.07) is 15.2. The van der Waals surface area contributed by atoms with Crippen LogP contribution < -0.4 is 4.74 Å². The molecule has 0 fully saturated rings. The van der Waals surface area contributed by atoms with Crippen molar-refractivity contribution < 1.29 is 27.8 Å². The number of nitrogens with zero attached hydrogens (tertiary/aromatic N) is 1. The largest absolute Gasteiger partial charge is 0.493 e. The number of carboxylic acids is 1. The van der Waals surface area contributed by atoms with E-state index in [1.165, 1.54) is 12.1 Å². The highest BCUT2D eigenvalue weighted by Gasteiger charge is 2.32. The summed E-state index contributed by atoms with van der Waals surface area (Å²) in [6.07, 6.45) is -0.543. The van der Waals surface area contributed by atoms with Crippen LogP contribution in [0.4, 0.5) is 13.2 Å². The molecule has 29 heavy (non-hydrogen) atoms. The molecule has 152 valence electrons. The molecule has 0 spiro atoms. The zero-order chi connectivity index (χ0) is 20.9. The van der Waals surface area contributed by atoms with E-state index in [0.29, 0.717) is 12.2 Å². The molecule has 1 heterocycles. The number of hydrogen-bond acceptors (Lipinski definition) is 2. The Morgan fingerprint density at radius 2 is 1.66 bits per heavy atom. The number of alkyl halides is 3. The molecule has 0 aliphatic carbocycles. The van der Waals surface area contributed by atoms with E-state index in [0.717, 1.165) is 11.6 Å². The van der Waals surface area contributed by atoms with E-state index in [1.54, 1.807) is 59.4 Å². The molecule has 0 amide bonds. The Morgan fingerprint density at radius 1 is 1.00 bits per heavy atom. The van der Waals surface area contributed by atoms with Crippen LogP contribution in [0.15, 0.2) is 73.1 Å². The van der Waals surface area contributed by atoms with Crippen LogP contribution in [-0.2, 0) is 23.8 Å². The molecule has 3 aromatic rings. The maximum atomic E-state index is 13.0. The first-order valence-corrected chi connectivity index (χ1v) is 9.06. The summed E-state index contributed by atoms with van der Waals surface area (Å²) in [7, 11) is 0. The molecule has 1 atom stereocenters. The summed E-state index contributed by atoms with van der Waals surface area (Å²) in [4.78, 5) is 11.5. The Hall–Kier alpha value is -3.22. The highest BCUT2D eigenvalue weighted by Crippen LogP contribution is 2.32. The monoisotopic (exact) mass is 403 g/mol. The zero-order valence-corrected chi connectivity index (χ0v) is 15.5. The molecule has 0 radical (unpaired) electrons. The minimum atomic E-state index is -4.39. The maximum absolute atomic E-state index is 13.0. The van der Waals surface area contributed by atoms with Crippen molar-refractivity contribution in [3.63, 3.8) is 0 Å². The molecule has 2 aromatic carbocycles. The predicted octanol–water partition coefficient (Wildman–Crippen LogP) is 5.00. The van der Waals surface area contributed by atoms with Gasteiger partial charge in [-0.3, -0.25) is 0 Å². The van der Waals surface area contributed by atoms with Gasteiger partial charge in [-0.2, -0.15) is 13.2 Å². The Labute approximate surface area is 166 Å². The molecule has 1 unspecified atom stereocenters. The third kappa shape index (κ3) is 5.40. The molecule has 4 nitrogen and oxygen atoms in total. The summed E-state index contributed by atoms with van der Waals surface area (Å²) in [5.74, 6) is -0.407. The number of aliphatic carboxylic acids is 1. The zero-order valence-electron chi connectivity index (χ0n) is 15.5. The maximum Gasteiger partial charge on any atom is 0.416 e. The van der Waals surface area contributed by atoms with Crippen molar-refractivity contribution in [2.75, 3.05) is 6.61 Å². The molecular weight excluding hydrogens is 383 g/mol. The number of rotatable bonds is 8. The van der Waals surface area contributed by atoms with Crippen LogP contribution in [0.1, 0.15) is 22.7 Å².